The minimum Gasteiger partial charge on any atom is -0.852 e. The molecule has 0 heterocycles. The van der Waals surface area contributed by atoms with Gasteiger partial charge in [-0.3, -0.25) is 0 Å². The van der Waals surface area contributed by atoms with Gasteiger partial charge in [0.25, 0.3) is 0 Å². The monoisotopic (exact) mass is 155 g/mol. The van der Waals surface area contributed by atoms with Gasteiger partial charge in [0.2, 0.25) is 0 Å². The third kappa shape index (κ3) is 0.992. The van der Waals surface area contributed by atoms with Crippen LogP contribution >= 0.6 is 0 Å². The Morgan fingerprint density at radius 1 is 1.40 bits per heavy atom. The Morgan fingerprint density at radius 2 is 1.80 bits per heavy atom. The van der Waals surface area contributed by atoms with E-state index in [0.29, 0.717) is 0 Å². The number of aliphatic hydroxyl groups is 1. The molecule has 1 saturated carbocycles. The van der Waals surface area contributed by atoms with Gasteiger partial charge in [0.05, 0.1) is 0 Å². The number of halogens is 3. The van der Waals surface area contributed by atoms with Gasteiger partial charge >= 0.3 is 6.18 Å². The lowest BCUT2D eigenvalue weighted by atomic mass is 9.77. The molecule has 0 atom stereocenters. The van der Waals surface area contributed by atoms with Crippen molar-refractivity contribution in [2.75, 3.05) is 0 Å². The molecule has 10 heavy (non-hydrogen) atoms. The van der Waals surface area contributed by atoms with E-state index in [4.69, 9.17) is 5.11 Å². The summed E-state index contributed by atoms with van der Waals surface area (Å²) in [6.45, 7) is 0. The van der Waals surface area contributed by atoms with Gasteiger partial charge in [-0.05, 0) is 12.8 Å². The zero-order valence-corrected chi connectivity index (χ0v) is 4.98. The van der Waals surface area contributed by atoms with Crippen molar-refractivity contribution in [2.45, 2.75) is 30.7 Å². The maximum Gasteiger partial charge on any atom is 0.417 e. The van der Waals surface area contributed by atoms with E-state index in [2.05, 4.69) is 0 Å². The van der Waals surface area contributed by atoms with Gasteiger partial charge in [-0.25, -0.2) is 0 Å². The van der Waals surface area contributed by atoms with Crippen molar-refractivity contribution >= 4 is 0 Å². The SMILES string of the molecule is [O-]C1CC(O)(C(F)(F)F)C1. The number of alkyl halides is 3. The first-order valence-corrected chi connectivity index (χ1v) is 2.80. The van der Waals surface area contributed by atoms with Crippen LogP contribution in [0.25, 0.3) is 0 Å². The van der Waals surface area contributed by atoms with Crippen LogP contribution in [0.4, 0.5) is 13.2 Å². The third-order valence-electron chi connectivity index (χ3n) is 1.66. The van der Waals surface area contributed by atoms with Crippen LogP contribution in [0.1, 0.15) is 12.8 Å². The lowest BCUT2D eigenvalue weighted by Crippen LogP contribution is -2.61. The highest BCUT2D eigenvalue weighted by molar-refractivity contribution is 4.98. The van der Waals surface area contributed by atoms with E-state index < -0.39 is 30.7 Å². The zero-order valence-electron chi connectivity index (χ0n) is 4.98. The second-order valence-electron chi connectivity index (χ2n) is 2.56. The highest BCUT2D eigenvalue weighted by atomic mass is 19.4. The second-order valence-corrected chi connectivity index (χ2v) is 2.56. The molecule has 0 aliphatic heterocycles. The summed E-state index contributed by atoms with van der Waals surface area (Å²) in [4.78, 5) is 0. The van der Waals surface area contributed by atoms with Crippen LogP contribution < -0.4 is 5.11 Å². The number of hydrogen-bond donors (Lipinski definition) is 1. The quantitative estimate of drug-likeness (QED) is 0.526. The molecule has 0 radical (unpaired) electrons. The average Bonchev–Trinajstić information content (AvgIpc) is 1.58. The van der Waals surface area contributed by atoms with Crippen molar-refractivity contribution in [3.05, 3.63) is 0 Å². The molecule has 0 aromatic carbocycles. The van der Waals surface area contributed by atoms with Gasteiger partial charge in [-0.2, -0.15) is 13.2 Å². The fraction of sp³-hybridized carbons (Fsp3) is 1.00. The molecule has 0 bridgehead atoms. The molecular weight excluding hydrogens is 149 g/mol. The molecule has 0 spiro atoms. The first-order valence-electron chi connectivity index (χ1n) is 2.80. The Kier molecular flexibility index (Phi) is 1.45. The Hall–Kier alpha value is -0.290. The maximum absolute atomic E-state index is 11.7. The maximum atomic E-state index is 11.7. The summed E-state index contributed by atoms with van der Waals surface area (Å²) in [5, 5.41) is 18.8. The van der Waals surface area contributed by atoms with Crippen molar-refractivity contribution in [2.24, 2.45) is 0 Å². The van der Waals surface area contributed by atoms with E-state index in [0.717, 1.165) is 0 Å². The van der Waals surface area contributed by atoms with Crippen LogP contribution in [-0.4, -0.2) is 23.0 Å². The summed E-state index contributed by atoms with van der Waals surface area (Å²) in [7, 11) is 0. The highest BCUT2D eigenvalue weighted by Gasteiger charge is 2.58. The summed E-state index contributed by atoms with van der Waals surface area (Å²) in [6, 6.07) is 0. The van der Waals surface area contributed by atoms with Crippen molar-refractivity contribution in [3.63, 3.8) is 0 Å². The Bertz CT molecular complexity index is 136. The molecule has 1 N–H and O–H groups in total. The molecule has 0 aromatic heterocycles. The van der Waals surface area contributed by atoms with Crippen LogP contribution in [0.5, 0.6) is 0 Å². The largest absolute Gasteiger partial charge is 0.852 e. The highest BCUT2D eigenvalue weighted by Crippen LogP contribution is 2.43. The van der Waals surface area contributed by atoms with Crippen molar-refractivity contribution in [1.29, 1.82) is 0 Å². The Labute approximate surface area is 55.3 Å². The van der Waals surface area contributed by atoms with E-state index in [9.17, 15) is 18.3 Å². The van der Waals surface area contributed by atoms with E-state index >= 15 is 0 Å². The summed E-state index contributed by atoms with van der Waals surface area (Å²) in [6.07, 6.45) is -7.27. The summed E-state index contributed by atoms with van der Waals surface area (Å²) < 4.78 is 35.0. The van der Waals surface area contributed by atoms with Gasteiger partial charge in [-0.15, -0.1) is 6.10 Å². The third-order valence-corrected chi connectivity index (χ3v) is 1.66. The minimum atomic E-state index is -4.63. The molecule has 1 fully saturated rings. The fourth-order valence-electron chi connectivity index (χ4n) is 0.925. The molecule has 0 amide bonds. The number of rotatable bonds is 0. The molecular formula is C5H6F3O2-. The van der Waals surface area contributed by atoms with E-state index in [1.165, 1.54) is 0 Å². The van der Waals surface area contributed by atoms with E-state index in [1.807, 2.05) is 0 Å². The minimum absolute atomic E-state index is 0.698. The van der Waals surface area contributed by atoms with Crippen molar-refractivity contribution in [3.8, 4) is 0 Å². The summed E-state index contributed by atoms with van der Waals surface area (Å²) in [5.41, 5.74) is -2.68. The first-order chi connectivity index (χ1) is 4.35. The predicted molar refractivity (Wildman–Crippen MR) is 24.0 cm³/mol. The molecule has 60 valence electrons. The van der Waals surface area contributed by atoms with E-state index in [1.54, 1.807) is 0 Å². The van der Waals surface area contributed by atoms with Gasteiger partial charge < -0.3 is 10.2 Å². The second kappa shape index (κ2) is 1.85. The molecule has 1 aliphatic rings. The predicted octanol–water partition coefficient (Wildman–Crippen LogP) is -0.198. The topological polar surface area (TPSA) is 43.3 Å². The first kappa shape index (κ1) is 7.81. The van der Waals surface area contributed by atoms with Gasteiger partial charge in [0.1, 0.15) is 0 Å². The van der Waals surface area contributed by atoms with E-state index in [-0.39, 0.29) is 0 Å². The Balaban J connectivity index is 2.57. The molecule has 0 aromatic rings. The zero-order chi connectivity index (χ0) is 7.99. The molecule has 0 unspecified atom stereocenters. The van der Waals surface area contributed by atoms with Crippen LogP contribution in [-0.2, 0) is 0 Å². The molecule has 5 heteroatoms. The molecule has 1 aliphatic carbocycles. The lowest BCUT2D eigenvalue weighted by Gasteiger charge is -2.48. The smallest absolute Gasteiger partial charge is 0.417 e. The fourth-order valence-corrected chi connectivity index (χ4v) is 0.925. The normalized spacial score (nSPS) is 41.1. The lowest BCUT2D eigenvalue weighted by molar-refractivity contribution is -0.477. The van der Waals surface area contributed by atoms with Crippen molar-refractivity contribution < 1.29 is 23.4 Å². The van der Waals surface area contributed by atoms with Gasteiger partial charge in [0, 0.05) is 0 Å². The molecule has 1 rings (SSSR count). The van der Waals surface area contributed by atoms with Gasteiger partial charge in [0.15, 0.2) is 5.60 Å². The standard InChI is InChI=1S/C5H6F3O2/c6-5(7,8)4(10)1-3(9)2-4/h3,10H,1-2H2/q-1. The van der Waals surface area contributed by atoms with Crippen LogP contribution in [0.15, 0.2) is 0 Å². The summed E-state index contributed by atoms with van der Waals surface area (Å²) in [5.74, 6) is 0. The van der Waals surface area contributed by atoms with Crippen LogP contribution in [0.2, 0.25) is 0 Å². The number of hydrogen-bond acceptors (Lipinski definition) is 2. The molecule has 2 nitrogen and oxygen atoms in total. The summed E-state index contributed by atoms with van der Waals surface area (Å²) >= 11 is 0. The van der Waals surface area contributed by atoms with Gasteiger partial charge in [-0.1, -0.05) is 0 Å². The molecule has 0 saturated heterocycles. The Morgan fingerprint density at radius 3 is 1.90 bits per heavy atom. The van der Waals surface area contributed by atoms with Crippen molar-refractivity contribution in [1.82, 2.24) is 0 Å². The van der Waals surface area contributed by atoms with Crippen LogP contribution in [0.3, 0.4) is 0 Å². The average molecular weight is 155 g/mol. The van der Waals surface area contributed by atoms with Crippen LogP contribution in [0, 0.1) is 0 Å².